The predicted molar refractivity (Wildman–Crippen MR) is 81.7 cm³/mol. The maximum atomic E-state index is 12.4. The van der Waals surface area contributed by atoms with E-state index in [2.05, 4.69) is 10.1 Å². The largest absolute Gasteiger partial charge is 0.327 e. The normalized spacial score (nSPS) is 21.0. The van der Waals surface area contributed by atoms with Gasteiger partial charge in [-0.25, -0.2) is 14.5 Å². The van der Waals surface area contributed by atoms with Crippen molar-refractivity contribution in [1.29, 1.82) is 0 Å². The Morgan fingerprint density at radius 3 is 2.83 bits per heavy atom. The van der Waals surface area contributed by atoms with Crippen LogP contribution in [0.2, 0.25) is 0 Å². The van der Waals surface area contributed by atoms with Gasteiger partial charge in [-0.05, 0) is 37.0 Å². The number of urea groups is 1. The van der Waals surface area contributed by atoms with E-state index >= 15 is 0 Å². The second kappa shape index (κ2) is 5.49. The monoisotopic (exact) mass is 311 g/mol. The molecule has 0 radical (unpaired) electrons. The molecule has 0 spiro atoms. The molecule has 2 aromatic rings. The number of amides is 3. The maximum absolute atomic E-state index is 12.4. The average Bonchev–Trinajstić information content (AvgIpc) is 3.20. The summed E-state index contributed by atoms with van der Waals surface area (Å²) in [6, 6.07) is 5.11. The molecule has 2 fully saturated rings. The second-order valence-electron chi connectivity index (χ2n) is 5.89. The molecule has 0 bridgehead atoms. The summed E-state index contributed by atoms with van der Waals surface area (Å²) < 4.78 is 1.66. The second-order valence-corrected chi connectivity index (χ2v) is 5.89. The Hall–Kier alpha value is -2.70. The summed E-state index contributed by atoms with van der Waals surface area (Å²) in [5.74, 6) is 0.626. The Labute approximate surface area is 133 Å². The molecule has 7 heteroatoms. The first-order valence-electron chi connectivity index (χ1n) is 7.81. The van der Waals surface area contributed by atoms with Crippen molar-refractivity contribution in [2.75, 3.05) is 6.54 Å². The van der Waals surface area contributed by atoms with Crippen LogP contribution in [-0.4, -0.2) is 49.1 Å². The van der Waals surface area contributed by atoms with E-state index in [1.54, 1.807) is 22.0 Å². The van der Waals surface area contributed by atoms with Crippen molar-refractivity contribution in [2.45, 2.75) is 31.8 Å². The Kier molecular flexibility index (Phi) is 3.33. The van der Waals surface area contributed by atoms with Crippen LogP contribution in [0.25, 0.3) is 5.82 Å². The lowest BCUT2D eigenvalue weighted by molar-refractivity contribution is -0.129. The van der Waals surface area contributed by atoms with Crippen LogP contribution in [-0.2, 0) is 11.3 Å². The molecule has 2 aliphatic heterocycles. The fourth-order valence-electron chi connectivity index (χ4n) is 3.22. The maximum Gasteiger partial charge on any atom is 0.327 e. The van der Waals surface area contributed by atoms with Crippen molar-refractivity contribution < 1.29 is 9.59 Å². The van der Waals surface area contributed by atoms with E-state index in [-0.39, 0.29) is 24.5 Å². The molecule has 0 saturated carbocycles. The van der Waals surface area contributed by atoms with Crippen LogP contribution in [0, 0.1) is 0 Å². The summed E-state index contributed by atoms with van der Waals surface area (Å²) in [5.41, 5.74) is 0.836. The zero-order chi connectivity index (χ0) is 15.8. The molecule has 4 rings (SSSR count). The van der Waals surface area contributed by atoms with Crippen LogP contribution in [0.3, 0.4) is 0 Å². The summed E-state index contributed by atoms with van der Waals surface area (Å²) in [6.45, 7) is 0.958. The van der Waals surface area contributed by atoms with Gasteiger partial charge in [-0.15, -0.1) is 0 Å². The number of hydrogen-bond acceptors (Lipinski definition) is 4. The highest BCUT2D eigenvalue weighted by Crippen LogP contribution is 2.27. The van der Waals surface area contributed by atoms with Gasteiger partial charge in [0.1, 0.15) is 6.04 Å². The fraction of sp³-hybridized carbons (Fsp3) is 0.375. The van der Waals surface area contributed by atoms with Crippen molar-refractivity contribution in [3.63, 3.8) is 0 Å². The Balaban J connectivity index is 1.51. The average molecular weight is 311 g/mol. The minimum absolute atomic E-state index is 0.0779. The van der Waals surface area contributed by atoms with E-state index in [1.165, 1.54) is 4.90 Å². The van der Waals surface area contributed by atoms with Gasteiger partial charge in [-0.3, -0.25) is 9.69 Å². The smallest absolute Gasteiger partial charge is 0.312 e. The summed E-state index contributed by atoms with van der Waals surface area (Å²) in [5, 5.41) is 4.12. The number of carbonyl (C=O) groups excluding carboxylic acids is 2. The van der Waals surface area contributed by atoms with Crippen molar-refractivity contribution in [3.8, 4) is 5.82 Å². The first-order valence-corrected chi connectivity index (χ1v) is 7.81. The standard InChI is InChI=1S/C16H17N5O2/c22-15-13-4-1-2-8-19(13)16(23)20(15)11-12-5-6-14(17-10-12)21-9-3-7-18-21/h3,5-7,9-10,13H,1-2,4,8,11H2. The van der Waals surface area contributed by atoms with E-state index in [9.17, 15) is 9.59 Å². The Morgan fingerprint density at radius 1 is 1.22 bits per heavy atom. The van der Waals surface area contributed by atoms with Gasteiger partial charge in [0.05, 0.1) is 6.54 Å². The number of aromatic nitrogens is 3. The van der Waals surface area contributed by atoms with Crippen molar-refractivity contribution in [2.24, 2.45) is 0 Å². The van der Waals surface area contributed by atoms with Crippen LogP contribution in [0.15, 0.2) is 36.8 Å². The van der Waals surface area contributed by atoms with E-state index in [4.69, 9.17) is 0 Å². The number of piperidine rings is 1. The van der Waals surface area contributed by atoms with Crippen LogP contribution in [0.5, 0.6) is 0 Å². The number of pyridine rings is 1. The molecule has 1 atom stereocenters. The molecule has 2 aromatic heterocycles. The molecule has 1 unspecified atom stereocenters. The number of imide groups is 1. The molecule has 0 N–H and O–H groups in total. The van der Waals surface area contributed by atoms with Gasteiger partial charge < -0.3 is 4.90 Å². The Morgan fingerprint density at radius 2 is 2.13 bits per heavy atom. The number of rotatable bonds is 3. The lowest BCUT2D eigenvalue weighted by Gasteiger charge is -2.26. The lowest BCUT2D eigenvalue weighted by atomic mass is 10.0. The van der Waals surface area contributed by atoms with Crippen molar-refractivity contribution in [1.82, 2.24) is 24.6 Å². The molecular formula is C16H17N5O2. The summed E-state index contributed by atoms with van der Waals surface area (Å²) in [6.07, 6.45) is 7.95. The predicted octanol–water partition coefficient (Wildman–Crippen LogP) is 1.58. The van der Waals surface area contributed by atoms with Crippen molar-refractivity contribution in [3.05, 3.63) is 42.4 Å². The van der Waals surface area contributed by atoms with Gasteiger partial charge in [0.25, 0.3) is 5.91 Å². The van der Waals surface area contributed by atoms with Gasteiger partial charge in [0, 0.05) is 25.1 Å². The molecule has 0 aromatic carbocycles. The summed E-state index contributed by atoms with van der Waals surface area (Å²) in [7, 11) is 0. The molecule has 3 amide bonds. The molecule has 23 heavy (non-hydrogen) atoms. The van der Waals surface area contributed by atoms with Gasteiger partial charge >= 0.3 is 6.03 Å². The summed E-state index contributed by atoms with van der Waals surface area (Å²) in [4.78, 5) is 32.2. The topological polar surface area (TPSA) is 71.3 Å². The van der Waals surface area contributed by atoms with E-state index < -0.39 is 0 Å². The van der Waals surface area contributed by atoms with Crippen LogP contribution in [0.4, 0.5) is 4.79 Å². The van der Waals surface area contributed by atoms with Crippen LogP contribution in [0.1, 0.15) is 24.8 Å². The molecular weight excluding hydrogens is 294 g/mol. The van der Waals surface area contributed by atoms with Crippen LogP contribution >= 0.6 is 0 Å². The van der Waals surface area contributed by atoms with Crippen LogP contribution < -0.4 is 0 Å². The fourth-order valence-corrected chi connectivity index (χ4v) is 3.22. The molecule has 7 nitrogen and oxygen atoms in total. The molecule has 118 valence electrons. The molecule has 2 saturated heterocycles. The zero-order valence-corrected chi connectivity index (χ0v) is 12.6. The Bertz CT molecular complexity index is 701. The third kappa shape index (κ3) is 2.38. The number of fused-ring (bicyclic) bond motifs is 1. The SMILES string of the molecule is O=C1C2CCCCN2C(=O)N1Cc1ccc(-n2cccn2)nc1. The number of nitrogens with zero attached hydrogens (tertiary/aromatic N) is 5. The van der Waals surface area contributed by atoms with Gasteiger partial charge in [0.15, 0.2) is 5.82 Å². The zero-order valence-electron chi connectivity index (χ0n) is 12.6. The van der Waals surface area contributed by atoms with Gasteiger partial charge in [0.2, 0.25) is 0 Å². The third-order valence-corrected chi connectivity index (χ3v) is 4.42. The third-order valence-electron chi connectivity index (χ3n) is 4.42. The molecule has 4 heterocycles. The highest BCUT2D eigenvalue weighted by molar-refractivity contribution is 6.04. The molecule has 0 aliphatic carbocycles. The number of hydrogen-bond donors (Lipinski definition) is 0. The van der Waals surface area contributed by atoms with Gasteiger partial charge in [-0.2, -0.15) is 5.10 Å². The lowest BCUT2D eigenvalue weighted by Crippen LogP contribution is -2.38. The van der Waals surface area contributed by atoms with E-state index in [0.717, 1.165) is 24.8 Å². The quantitative estimate of drug-likeness (QED) is 0.807. The van der Waals surface area contributed by atoms with E-state index in [0.29, 0.717) is 12.4 Å². The highest BCUT2D eigenvalue weighted by atomic mass is 16.2. The minimum Gasteiger partial charge on any atom is -0.312 e. The first kappa shape index (κ1) is 13.9. The minimum atomic E-state index is -0.257. The van der Waals surface area contributed by atoms with E-state index in [1.807, 2.05) is 24.4 Å². The summed E-state index contributed by atoms with van der Waals surface area (Å²) >= 11 is 0. The van der Waals surface area contributed by atoms with Gasteiger partial charge in [-0.1, -0.05) is 6.07 Å². The first-order chi connectivity index (χ1) is 11.2. The molecule has 2 aliphatic rings. The van der Waals surface area contributed by atoms with Crippen molar-refractivity contribution >= 4 is 11.9 Å². The number of carbonyl (C=O) groups is 2. The highest BCUT2D eigenvalue weighted by Gasteiger charge is 2.45.